The van der Waals surface area contributed by atoms with Gasteiger partial charge in [-0.25, -0.2) is 0 Å². The number of hydrogen-bond donors (Lipinski definition) is 2. The minimum Gasteiger partial charge on any atom is -0.433 e. The Morgan fingerprint density at radius 1 is 1.14 bits per heavy atom. The minimum absolute atomic E-state index is 0.0343. The van der Waals surface area contributed by atoms with Crippen LogP contribution in [0.25, 0.3) is 0 Å². The van der Waals surface area contributed by atoms with Gasteiger partial charge in [0.05, 0.1) is 5.92 Å². The summed E-state index contributed by atoms with van der Waals surface area (Å²) >= 11 is 0. The molecule has 0 amide bonds. The predicted molar refractivity (Wildman–Crippen MR) is 90.5 cm³/mol. The van der Waals surface area contributed by atoms with Gasteiger partial charge in [-0.3, -0.25) is 15.4 Å². The molecule has 1 aliphatic rings. The Kier molecular flexibility index (Phi) is 10.5. The van der Waals surface area contributed by atoms with Gasteiger partial charge in [-0.2, -0.15) is 0 Å². The highest BCUT2D eigenvalue weighted by atomic mass is 16.6. The van der Waals surface area contributed by atoms with Crippen molar-refractivity contribution < 1.29 is 9.53 Å². The number of carbonyl (C=O) groups excluding carboxylic acids is 1. The van der Waals surface area contributed by atoms with Gasteiger partial charge in [-0.1, -0.05) is 39.0 Å². The fraction of sp³-hybridized carbons (Fsp3) is 0.941. The van der Waals surface area contributed by atoms with Gasteiger partial charge in [-0.15, -0.1) is 0 Å². The molecule has 0 aliphatic heterocycles. The zero-order chi connectivity index (χ0) is 16.2. The quantitative estimate of drug-likeness (QED) is 0.389. The molecule has 1 rings (SSSR count). The summed E-state index contributed by atoms with van der Waals surface area (Å²) in [7, 11) is 4.13. The molecule has 1 atom stereocenters. The zero-order valence-electron chi connectivity index (χ0n) is 14.7. The second-order valence-electron chi connectivity index (χ2n) is 6.53. The first kappa shape index (κ1) is 19.4. The van der Waals surface area contributed by atoms with Crippen LogP contribution in [0.5, 0.6) is 0 Å². The molecule has 130 valence electrons. The lowest BCUT2D eigenvalue weighted by Gasteiger charge is -2.24. The van der Waals surface area contributed by atoms with Crippen LogP contribution in [0.15, 0.2) is 0 Å². The first-order chi connectivity index (χ1) is 10.6. The van der Waals surface area contributed by atoms with E-state index in [1.165, 1.54) is 19.3 Å². The highest BCUT2D eigenvalue weighted by Gasteiger charge is 2.23. The molecule has 0 aromatic heterocycles. The van der Waals surface area contributed by atoms with Gasteiger partial charge < -0.3 is 9.64 Å². The van der Waals surface area contributed by atoms with E-state index in [9.17, 15) is 4.79 Å². The van der Waals surface area contributed by atoms with E-state index in [2.05, 4.69) is 29.6 Å². The summed E-state index contributed by atoms with van der Waals surface area (Å²) < 4.78 is 5.66. The van der Waals surface area contributed by atoms with Crippen molar-refractivity contribution in [2.24, 2.45) is 5.92 Å². The Labute approximate surface area is 136 Å². The molecule has 0 aromatic rings. The van der Waals surface area contributed by atoms with Crippen LogP contribution >= 0.6 is 0 Å². The molecule has 2 N–H and O–H groups in total. The van der Waals surface area contributed by atoms with Gasteiger partial charge in [0.1, 0.15) is 0 Å². The summed E-state index contributed by atoms with van der Waals surface area (Å²) in [6.45, 7) is 4.68. The molecule has 0 radical (unpaired) electrons. The van der Waals surface area contributed by atoms with Crippen molar-refractivity contribution in [2.45, 2.75) is 64.6 Å². The van der Waals surface area contributed by atoms with Gasteiger partial charge in [0, 0.05) is 6.54 Å². The summed E-state index contributed by atoms with van der Waals surface area (Å²) in [6.07, 6.45) is 8.78. The summed E-state index contributed by atoms with van der Waals surface area (Å²) in [5.74, 6) is 0.0537. The lowest BCUT2D eigenvalue weighted by Crippen LogP contribution is -2.47. The third kappa shape index (κ3) is 8.71. The molecule has 5 nitrogen and oxygen atoms in total. The molecular formula is C17H35N3O2. The smallest absolute Gasteiger partial charge is 0.311 e. The van der Waals surface area contributed by atoms with Crippen molar-refractivity contribution in [2.75, 3.05) is 33.7 Å². The summed E-state index contributed by atoms with van der Waals surface area (Å²) in [5.41, 5.74) is 0. The van der Waals surface area contributed by atoms with Gasteiger partial charge in [0.25, 0.3) is 0 Å². The van der Waals surface area contributed by atoms with Crippen LogP contribution in [0.4, 0.5) is 0 Å². The van der Waals surface area contributed by atoms with Gasteiger partial charge in [0.15, 0.2) is 0 Å². The number of ether oxygens (including phenoxy) is 1. The largest absolute Gasteiger partial charge is 0.433 e. The monoisotopic (exact) mass is 313 g/mol. The van der Waals surface area contributed by atoms with Crippen LogP contribution in [0.3, 0.4) is 0 Å². The maximum absolute atomic E-state index is 12.4. The van der Waals surface area contributed by atoms with Gasteiger partial charge in [-0.05, 0) is 46.4 Å². The van der Waals surface area contributed by atoms with Gasteiger partial charge in [0.2, 0.25) is 6.35 Å². The Bertz CT molecular complexity index is 290. The molecule has 1 saturated carbocycles. The molecule has 0 saturated heterocycles. The van der Waals surface area contributed by atoms with Crippen LogP contribution in [0, 0.1) is 5.92 Å². The Balaban J connectivity index is 2.34. The van der Waals surface area contributed by atoms with Crippen LogP contribution in [0.2, 0.25) is 0 Å². The number of esters is 1. The van der Waals surface area contributed by atoms with Crippen molar-refractivity contribution in [3.05, 3.63) is 0 Å². The fourth-order valence-corrected chi connectivity index (χ4v) is 2.87. The standard InChI is InChI=1S/C17H35N3O2/c1-4-18-17(19-13-10-14-20(2)3)22-16(21)15-11-8-6-5-7-9-12-15/h15,17-19H,4-14H2,1-3H3. The van der Waals surface area contributed by atoms with Crippen molar-refractivity contribution in [3.63, 3.8) is 0 Å². The Morgan fingerprint density at radius 2 is 1.77 bits per heavy atom. The molecule has 1 fully saturated rings. The summed E-state index contributed by atoms with van der Waals surface area (Å²) in [6, 6.07) is 0. The van der Waals surface area contributed by atoms with Crippen molar-refractivity contribution in [3.8, 4) is 0 Å². The van der Waals surface area contributed by atoms with E-state index in [0.29, 0.717) is 0 Å². The molecule has 1 unspecified atom stereocenters. The number of rotatable bonds is 9. The van der Waals surface area contributed by atoms with Crippen LogP contribution in [-0.2, 0) is 9.53 Å². The summed E-state index contributed by atoms with van der Waals surface area (Å²) in [5, 5.41) is 6.49. The first-order valence-corrected chi connectivity index (χ1v) is 8.95. The molecular weight excluding hydrogens is 278 g/mol. The van der Waals surface area contributed by atoms with Crippen molar-refractivity contribution in [1.82, 2.24) is 15.5 Å². The molecule has 1 aliphatic carbocycles. The highest BCUT2D eigenvalue weighted by molar-refractivity contribution is 5.72. The molecule has 0 spiro atoms. The second-order valence-corrected chi connectivity index (χ2v) is 6.53. The van der Waals surface area contributed by atoms with E-state index < -0.39 is 0 Å². The van der Waals surface area contributed by atoms with Crippen LogP contribution in [0.1, 0.15) is 58.3 Å². The van der Waals surface area contributed by atoms with E-state index in [4.69, 9.17) is 4.74 Å². The van der Waals surface area contributed by atoms with E-state index in [-0.39, 0.29) is 18.2 Å². The van der Waals surface area contributed by atoms with E-state index in [1.54, 1.807) is 0 Å². The maximum atomic E-state index is 12.4. The van der Waals surface area contributed by atoms with E-state index >= 15 is 0 Å². The van der Waals surface area contributed by atoms with Crippen molar-refractivity contribution in [1.29, 1.82) is 0 Å². The number of hydrogen-bond acceptors (Lipinski definition) is 5. The number of carbonyl (C=O) groups is 1. The van der Waals surface area contributed by atoms with E-state index in [0.717, 1.165) is 51.7 Å². The lowest BCUT2D eigenvalue weighted by atomic mass is 9.91. The summed E-state index contributed by atoms with van der Waals surface area (Å²) in [4.78, 5) is 14.5. The molecule has 0 bridgehead atoms. The fourth-order valence-electron chi connectivity index (χ4n) is 2.87. The topological polar surface area (TPSA) is 53.6 Å². The molecule has 22 heavy (non-hydrogen) atoms. The van der Waals surface area contributed by atoms with Crippen LogP contribution < -0.4 is 10.6 Å². The lowest BCUT2D eigenvalue weighted by molar-refractivity contribution is -0.158. The third-order valence-corrected chi connectivity index (χ3v) is 4.17. The maximum Gasteiger partial charge on any atom is 0.311 e. The van der Waals surface area contributed by atoms with Crippen molar-refractivity contribution >= 4 is 5.97 Å². The van der Waals surface area contributed by atoms with E-state index in [1.807, 2.05) is 6.92 Å². The van der Waals surface area contributed by atoms with Gasteiger partial charge >= 0.3 is 5.97 Å². The Hall–Kier alpha value is -0.650. The predicted octanol–water partition coefficient (Wildman–Crippen LogP) is 2.32. The minimum atomic E-state index is -0.356. The first-order valence-electron chi connectivity index (χ1n) is 8.95. The SMILES string of the molecule is CCNC(NCCCN(C)C)OC(=O)C1CCCCCCC1. The number of nitrogens with zero attached hydrogens (tertiary/aromatic N) is 1. The second kappa shape index (κ2) is 11.9. The zero-order valence-corrected chi connectivity index (χ0v) is 14.7. The highest BCUT2D eigenvalue weighted by Crippen LogP contribution is 2.23. The van der Waals surface area contributed by atoms with Crippen LogP contribution in [-0.4, -0.2) is 51.0 Å². The number of nitrogens with one attached hydrogen (secondary N) is 2. The third-order valence-electron chi connectivity index (χ3n) is 4.17. The molecule has 0 aromatic carbocycles. The normalized spacial score (nSPS) is 18.7. The average Bonchev–Trinajstić information content (AvgIpc) is 2.43. The molecule has 5 heteroatoms. The molecule has 0 heterocycles. The Morgan fingerprint density at radius 3 is 2.36 bits per heavy atom. The average molecular weight is 313 g/mol.